The van der Waals surface area contributed by atoms with Crippen LogP contribution in [0.2, 0.25) is 0 Å². The number of imidazole rings is 1. The summed E-state index contributed by atoms with van der Waals surface area (Å²) in [7, 11) is 0. The lowest BCUT2D eigenvalue weighted by Crippen LogP contribution is -2.38. The molecule has 28 heavy (non-hydrogen) atoms. The summed E-state index contributed by atoms with van der Waals surface area (Å²) >= 11 is 0. The van der Waals surface area contributed by atoms with E-state index in [1.807, 2.05) is 6.92 Å². The number of halogens is 7. The maximum absolute atomic E-state index is 13.6. The van der Waals surface area contributed by atoms with Crippen molar-refractivity contribution in [3.05, 3.63) is 12.2 Å². The lowest BCUT2D eigenvalue weighted by molar-refractivity contribution is -0.172. The fourth-order valence-electron chi connectivity index (χ4n) is 2.97. The van der Waals surface area contributed by atoms with E-state index in [4.69, 9.17) is 0 Å². The fraction of sp³-hybridized carbons (Fsp3) is 0.688. The molecule has 0 aliphatic carbocycles. The third kappa shape index (κ3) is 4.00. The van der Waals surface area contributed by atoms with Crippen LogP contribution in [-0.2, 0) is 13.0 Å². The molecule has 5 nitrogen and oxygen atoms in total. The summed E-state index contributed by atoms with van der Waals surface area (Å²) < 4.78 is 93.3. The lowest BCUT2D eigenvalue weighted by atomic mass is 10.2. The largest absolute Gasteiger partial charge is 0.390 e. The third-order valence-corrected chi connectivity index (χ3v) is 4.50. The van der Waals surface area contributed by atoms with Crippen molar-refractivity contribution in [3.63, 3.8) is 0 Å². The zero-order valence-corrected chi connectivity index (χ0v) is 14.9. The van der Waals surface area contributed by atoms with Gasteiger partial charge in [-0.05, 0) is 6.42 Å². The Bertz CT molecular complexity index is 830. The molecular weight excluding hydrogens is 395 g/mol. The van der Waals surface area contributed by atoms with E-state index in [1.54, 1.807) is 0 Å². The first-order chi connectivity index (χ1) is 12.9. The van der Waals surface area contributed by atoms with Crippen LogP contribution in [0.3, 0.4) is 0 Å². The number of fused-ring (bicyclic) bond motifs is 1. The van der Waals surface area contributed by atoms with Gasteiger partial charge in [-0.2, -0.15) is 30.7 Å². The second kappa shape index (κ2) is 7.03. The van der Waals surface area contributed by atoms with Gasteiger partial charge >= 0.3 is 18.0 Å². The van der Waals surface area contributed by atoms with Gasteiger partial charge in [-0.1, -0.05) is 13.3 Å². The average molecular weight is 413 g/mol. The normalized spacial score (nSPS) is 18.9. The summed E-state index contributed by atoms with van der Waals surface area (Å²) in [5.41, 5.74) is -0.0604. The maximum atomic E-state index is 13.6. The molecule has 0 atom stereocenters. The first kappa shape index (κ1) is 20.6. The van der Waals surface area contributed by atoms with E-state index in [0.29, 0.717) is 12.8 Å². The van der Waals surface area contributed by atoms with E-state index in [0.717, 1.165) is 22.2 Å². The van der Waals surface area contributed by atoms with Crippen LogP contribution in [0.25, 0.3) is 11.2 Å². The Hall–Kier alpha value is -2.14. The van der Waals surface area contributed by atoms with Crippen molar-refractivity contribution in [1.29, 1.82) is 0 Å². The summed E-state index contributed by atoms with van der Waals surface area (Å²) in [6.45, 7) is -1.09. The number of nitrogens with zero attached hydrogens (tertiary/aromatic N) is 5. The SMILES string of the molecule is CCCCc1nc(N2CC(F)(F)C(F)(F)C2)c2ncn(CCC(F)(F)F)c2n1. The van der Waals surface area contributed by atoms with Gasteiger partial charge in [0.05, 0.1) is 25.8 Å². The van der Waals surface area contributed by atoms with Crippen LogP contribution in [0.1, 0.15) is 32.0 Å². The Morgan fingerprint density at radius 2 is 1.71 bits per heavy atom. The van der Waals surface area contributed by atoms with Gasteiger partial charge in [0, 0.05) is 13.0 Å². The second-order valence-corrected chi connectivity index (χ2v) is 6.81. The van der Waals surface area contributed by atoms with Gasteiger partial charge in [0.25, 0.3) is 0 Å². The number of hydrogen-bond acceptors (Lipinski definition) is 4. The zero-order valence-electron chi connectivity index (χ0n) is 14.9. The zero-order chi connectivity index (χ0) is 20.7. The van der Waals surface area contributed by atoms with E-state index in [2.05, 4.69) is 15.0 Å². The van der Waals surface area contributed by atoms with Gasteiger partial charge < -0.3 is 9.47 Å². The first-order valence-electron chi connectivity index (χ1n) is 8.72. The molecule has 0 N–H and O–H groups in total. The minimum absolute atomic E-state index is 0.0129. The molecule has 0 saturated carbocycles. The monoisotopic (exact) mass is 413 g/mol. The van der Waals surface area contributed by atoms with Gasteiger partial charge in [0.1, 0.15) is 5.82 Å². The Labute approximate surface area is 155 Å². The molecule has 3 rings (SSSR count). The molecule has 2 aromatic heterocycles. The summed E-state index contributed by atoms with van der Waals surface area (Å²) in [6.07, 6.45) is -2.70. The molecule has 0 spiro atoms. The number of aryl methyl sites for hydroxylation is 2. The molecule has 156 valence electrons. The van der Waals surface area contributed by atoms with Crippen molar-refractivity contribution in [2.24, 2.45) is 0 Å². The quantitative estimate of drug-likeness (QED) is 0.666. The predicted octanol–water partition coefficient (Wildman–Crippen LogP) is 4.21. The van der Waals surface area contributed by atoms with E-state index in [1.165, 1.54) is 0 Å². The number of anilines is 1. The Kier molecular flexibility index (Phi) is 5.17. The first-order valence-corrected chi connectivity index (χ1v) is 8.72. The van der Waals surface area contributed by atoms with Gasteiger partial charge in [-0.3, -0.25) is 0 Å². The number of rotatable bonds is 6. The predicted molar refractivity (Wildman–Crippen MR) is 86.7 cm³/mol. The smallest absolute Gasteiger partial charge is 0.342 e. The molecule has 1 aliphatic heterocycles. The van der Waals surface area contributed by atoms with Crippen LogP contribution in [0.15, 0.2) is 6.33 Å². The maximum Gasteiger partial charge on any atom is 0.390 e. The van der Waals surface area contributed by atoms with Gasteiger partial charge in [0.15, 0.2) is 17.0 Å². The highest BCUT2D eigenvalue weighted by atomic mass is 19.4. The van der Waals surface area contributed by atoms with Crippen molar-refractivity contribution < 1.29 is 30.7 Å². The van der Waals surface area contributed by atoms with Crippen molar-refractivity contribution >= 4 is 17.0 Å². The molecule has 1 aliphatic rings. The van der Waals surface area contributed by atoms with Crippen LogP contribution in [0, 0.1) is 0 Å². The summed E-state index contributed by atoms with van der Waals surface area (Å²) in [5.74, 6) is -8.50. The molecule has 0 unspecified atom stereocenters. The molecule has 0 amide bonds. The number of alkyl halides is 7. The Balaban J connectivity index is 2.02. The molecule has 0 bridgehead atoms. The highest BCUT2D eigenvalue weighted by Crippen LogP contribution is 2.43. The third-order valence-electron chi connectivity index (χ3n) is 4.50. The van der Waals surface area contributed by atoms with Crippen molar-refractivity contribution in [1.82, 2.24) is 19.5 Å². The topological polar surface area (TPSA) is 46.8 Å². The Morgan fingerprint density at radius 3 is 2.29 bits per heavy atom. The van der Waals surface area contributed by atoms with E-state index >= 15 is 0 Å². The number of hydrogen-bond donors (Lipinski definition) is 0. The Morgan fingerprint density at radius 1 is 1.07 bits per heavy atom. The van der Waals surface area contributed by atoms with Crippen LogP contribution in [0.5, 0.6) is 0 Å². The summed E-state index contributed by atoms with van der Waals surface area (Å²) in [6, 6.07) is 0. The van der Waals surface area contributed by atoms with Crippen molar-refractivity contribution in [3.8, 4) is 0 Å². The molecule has 1 saturated heterocycles. The fourth-order valence-corrected chi connectivity index (χ4v) is 2.97. The number of unbranched alkanes of at least 4 members (excludes halogenated alkanes) is 1. The average Bonchev–Trinajstić information content (AvgIpc) is 3.07. The minimum Gasteiger partial charge on any atom is -0.342 e. The molecular formula is C16H18F7N5. The highest BCUT2D eigenvalue weighted by Gasteiger charge is 2.63. The van der Waals surface area contributed by atoms with E-state index in [9.17, 15) is 30.7 Å². The van der Waals surface area contributed by atoms with E-state index < -0.39 is 44.1 Å². The number of aromatic nitrogens is 4. The van der Waals surface area contributed by atoms with Crippen LogP contribution < -0.4 is 4.90 Å². The standard InChI is InChI=1S/C16H18F7N5/c1-2-3-4-10-25-12-11(24-9-27(12)6-5-16(21,22)23)13(26-10)28-7-14(17,18)15(19,20)8-28/h9H,2-8H2,1H3. The lowest BCUT2D eigenvalue weighted by Gasteiger charge is -2.17. The molecule has 12 heteroatoms. The highest BCUT2D eigenvalue weighted by molar-refractivity contribution is 5.84. The molecule has 3 heterocycles. The van der Waals surface area contributed by atoms with Crippen molar-refractivity contribution in [2.75, 3.05) is 18.0 Å². The van der Waals surface area contributed by atoms with Gasteiger partial charge in [0.2, 0.25) is 0 Å². The molecule has 1 fully saturated rings. The van der Waals surface area contributed by atoms with Gasteiger partial charge in [-0.15, -0.1) is 0 Å². The molecule has 2 aromatic rings. The van der Waals surface area contributed by atoms with Crippen LogP contribution in [-0.4, -0.2) is 50.6 Å². The summed E-state index contributed by atoms with van der Waals surface area (Å²) in [4.78, 5) is 13.0. The second-order valence-electron chi connectivity index (χ2n) is 6.81. The minimum atomic E-state index is -4.41. The van der Waals surface area contributed by atoms with Crippen molar-refractivity contribution in [2.45, 2.75) is 57.2 Å². The van der Waals surface area contributed by atoms with Crippen LogP contribution in [0.4, 0.5) is 36.6 Å². The molecule has 0 aromatic carbocycles. The molecule has 0 radical (unpaired) electrons. The van der Waals surface area contributed by atoms with E-state index in [-0.39, 0.29) is 22.8 Å². The summed E-state index contributed by atoms with van der Waals surface area (Å²) in [5, 5.41) is 0. The van der Waals surface area contributed by atoms with Gasteiger partial charge in [-0.25, -0.2) is 15.0 Å². The van der Waals surface area contributed by atoms with Crippen LogP contribution >= 0.6 is 0 Å².